The Labute approximate surface area is 257 Å². The highest BCUT2D eigenvalue weighted by atomic mass is 79.9. The lowest BCUT2D eigenvalue weighted by atomic mass is 10.0. The smallest absolute Gasteiger partial charge is 0.345 e. The molecule has 0 aliphatic carbocycles. The summed E-state index contributed by atoms with van der Waals surface area (Å²) in [4.78, 5) is 29.2. The quantitative estimate of drug-likeness (QED) is 0.0815. The Morgan fingerprint density at radius 1 is 0.875 bits per heavy atom. The number of rotatable bonds is 6. The van der Waals surface area contributed by atoms with Crippen LogP contribution in [0.2, 0.25) is 20.1 Å². The topological polar surface area (TPSA) is 83.5 Å². The summed E-state index contributed by atoms with van der Waals surface area (Å²) < 4.78 is 6.27. The van der Waals surface area contributed by atoms with Crippen molar-refractivity contribution in [2.75, 3.05) is 0 Å². The second-order valence-electron chi connectivity index (χ2n) is 8.45. The monoisotopic (exact) mass is 673 g/mol. The molecule has 0 aliphatic heterocycles. The van der Waals surface area contributed by atoms with Crippen LogP contribution in [0.25, 0.3) is 22.0 Å². The van der Waals surface area contributed by atoms with E-state index in [0.717, 1.165) is 5.56 Å². The zero-order chi connectivity index (χ0) is 28.4. The number of fused-ring (bicyclic) bond motifs is 1. The molecule has 1 aromatic heterocycles. The molecule has 11 heteroatoms. The molecule has 5 rings (SSSR count). The number of nitrogens with zero attached hydrogens (tertiary/aromatic N) is 1. The maximum Gasteiger partial charge on any atom is 0.345 e. The Kier molecular flexibility index (Phi) is 8.49. The van der Waals surface area contributed by atoms with E-state index in [1.165, 1.54) is 18.3 Å². The first-order valence-electron chi connectivity index (χ1n) is 11.6. The first-order valence-corrected chi connectivity index (χ1v) is 13.9. The van der Waals surface area contributed by atoms with Crippen LogP contribution in [0.3, 0.4) is 0 Å². The van der Waals surface area contributed by atoms with Gasteiger partial charge in [0.15, 0.2) is 0 Å². The first kappa shape index (κ1) is 28.2. The molecule has 1 heterocycles. The van der Waals surface area contributed by atoms with Gasteiger partial charge in [-0.05, 0) is 54.1 Å². The normalized spacial score (nSPS) is 11.2. The van der Waals surface area contributed by atoms with Crippen LogP contribution in [0.15, 0.2) is 88.4 Å². The molecule has 0 saturated carbocycles. The lowest BCUT2D eigenvalue weighted by molar-refractivity contribution is 0.0734. The second kappa shape index (κ2) is 12.0. The van der Waals surface area contributed by atoms with Crippen LogP contribution in [0.1, 0.15) is 26.4 Å². The van der Waals surface area contributed by atoms with E-state index in [-0.39, 0.29) is 22.0 Å². The number of esters is 1. The molecule has 40 heavy (non-hydrogen) atoms. The summed E-state index contributed by atoms with van der Waals surface area (Å²) in [5.74, 6) is -0.988. The van der Waals surface area contributed by atoms with Crippen LogP contribution in [-0.4, -0.2) is 23.1 Å². The van der Waals surface area contributed by atoms with Crippen LogP contribution in [-0.2, 0) is 0 Å². The molecule has 0 radical (unpaired) electrons. The van der Waals surface area contributed by atoms with Gasteiger partial charge < -0.3 is 9.72 Å². The number of H-pyrrole nitrogens is 1. The predicted octanol–water partition coefficient (Wildman–Crippen LogP) is 9.19. The Hall–Kier alpha value is -3.33. The van der Waals surface area contributed by atoms with Gasteiger partial charge in [-0.2, -0.15) is 5.10 Å². The Morgan fingerprint density at radius 3 is 2.38 bits per heavy atom. The van der Waals surface area contributed by atoms with Crippen molar-refractivity contribution in [1.82, 2.24) is 10.4 Å². The summed E-state index contributed by atoms with van der Waals surface area (Å²) in [6.45, 7) is 0. The molecule has 6 nitrogen and oxygen atoms in total. The van der Waals surface area contributed by atoms with E-state index < -0.39 is 11.9 Å². The van der Waals surface area contributed by atoms with Gasteiger partial charge in [0.2, 0.25) is 0 Å². The molecule has 2 N–H and O–H groups in total. The minimum Gasteiger partial charge on any atom is -0.422 e. The lowest BCUT2D eigenvalue weighted by Gasteiger charge is -2.09. The van der Waals surface area contributed by atoms with Gasteiger partial charge in [0.05, 0.1) is 21.8 Å². The number of aromatic nitrogens is 1. The molecule has 0 spiro atoms. The summed E-state index contributed by atoms with van der Waals surface area (Å²) in [6.07, 6.45) is 1.36. The molecule has 4 aromatic carbocycles. The largest absolute Gasteiger partial charge is 0.422 e. The van der Waals surface area contributed by atoms with Gasteiger partial charge in [0.1, 0.15) is 11.4 Å². The third-order valence-corrected chi connectivity index (χ3v) is 7.36. The van der Waals surface area contributed by atoms with Crippen LogP contribution in [0.5, 0.6) is 5.75 Å². The molecule has 0 atom stereocenters. The second-order valence-corrected chi connectivity index (χ2v) is 11.0. The number of nitrogens with one attached hydrogen (secondary N) is 2. The van der Waals surface area contributed by atoms with Gasteiger partial charge in [-0.15, -0.1) is 0 Å². The summed E-state index contributed by atoms with van der Waals surface area (Å²) in [7, 11) is 0. The molecule has 0 unspecified atom stereocenters. The van der Waals surface area contributed by atoms with Crippen LogP contribution >= 0.6 is 62.3 Å². The first-order chi connectivity index (χ1) is 19.2. The molecular formula is C29H16BrCl4N3O3. The summed E-state index contributed by atoms with van der Waals surface area (Å²) >= 11 is 28.2. The maximum atomic E-state index is 13.3. The molecule has 0 saturated heterocycles. The number of halogens is 5. The Morgan fingerprint density at radius 2 is 1.62 bits per heavy atom. The highest BCUT2D eigenvalue weighted by Gasteiger charge is 2.22. The fourth-order valence-corrected chi connectivity index (χ4v) is 5.50. The van der Waals surface area contributed by atoms with Crippen molar-refractivity contribution >= 4 is 91.3 Å². The zero-order valence-electron chi connectivity index (χ0n) is 20.1. The number of amides is 1. The average Bonchev–Trinajstić information content (AvgIpc) is 3.30. The Bertz CT molecular complexity index is 1810. The lowest BCUT2D eigenvalue weighted by Crippen LogP contribution is -2.19. The van der Waals surface area contributed by atoms with E-state index >= 15 is 0 Å². The van der Waals surface area contributed by atoms with Crippen LogP contribution < -0.4 is 10.2 Å². The molecule has 0 fully saturated rings. The van der Waals surface area contributed by atoms with E-state index in [0.29, 0.717) is 41.6 Å². The fraction of sp³-hybridized carbons (Fsp3) is 0. The maximum absolute atomic E-state index is 13.3. The van der Waals surface area contributed by atoms with Gasteiger partial charge in [-0.1, -0.05) is 92.7 Å². The highest BCUT2D eigenvalue weighted by molar-refractivity contribution is 9.10. The van der Waals surface area contributed by atoms with Crippen molar-refractivity contribution in [3.8, 4) is 16.9 Å². The van der Waals surface area contributed by atoms with E-state index in [1.807, 2.05) is 30.3 Å². The zero-order valence-corrected chi connectivity index (χ0v) is 24.8. The molecule has 5 aromatic rings. The number of hydrogen-bond acceptors (Lipinski definition) is 4. The van der Waals surface area contributed by atoms with Crippen molar-refractivity contribution in [3.05, 3.63) is 120 Å². The number of carbonyl (C=O) groups excluding carboxylic acids is 2. The van der Waals surface area contributed by atoms with Crippen molar-refractivity contribution < 1.29 is 14.3 Å². The van der Waals surface area contributed by atoms with Crippen molar-refractivity contribution in [2.45, 2.75) is 0 Å². The van der Waals surface area contributed by atoms with E-state index in [1.54, 1.807) is 36.4 Å². The fourth-order valence-electron chi connectivity index (χ4n) is 4.05. The number of hydrazone groups is 1. The summed E-state index contributed by atoms with van der Waals surface area (Å²) in [5, 5.41) is 6.16. The standard InChI is InChI=1S/C29H16BrCl4N3O3/c30-17-6-9-24(40-29(39)20-8-7-18(31)11-21(20)33)16(10-17)14-35-37-28(38)27-25(15-4-2-1-3-5-15)26-22(34)12-19(32)13-23(26)36-27/h1-14,36H,(H,37,38). The SMILES string of the molecule is O=C(Oc1ccc(Br)cc1C=NNC(=O)c1[nH]c2cc(Cl)cc(Cl)c2c1-c1ccccc1)c1ccc(Cl)cc1Cl. The number of carbonyl (C=O) groups is 2. The Balaban J connectivity index is 1.43. The third-order valence-electron chi connectivity index (χ3n) is 5.80. The highest BCUT2D eigenvalue weighted by Crippen LogP contribution is 2.38. The number of ether oxygens (including phenoxy) is 1. The van der Waals surface area contributed by atoms with Crippen LogP contribution in [0.4, 0.5) is 0 Å². The predicted molar refractivity (Wildman–Crippen MR) is 164 cm³/mol. The van der Waals surface area contributed by atoms with Crippen molar-refractivity contribution in [2.24, 2.45) is 5.10 Å². The summed E-state index contributed by atoms with van der Waals surface area (Å²) in [6, 6.07) is 22.1. The third kappa shape index (κ3) is 6.04. The minimum atomic E-state index is -0.677. The number of hydrogen-bond donors (Lipinski definition) is 2. The van der Waals surface area contributed by atoms with E-state index in [2.05, 4.69) is 31.4 Å². The van der Waals surface area contributed by atoms with Gasteiger partial charge in [0.25, 0.3) is 5.91 Å². The minimum absolute atomic E-state index is 0.149. The number of benzene rings is 4. The average molecular weight is 676 g/mol. The molecule has 0 aliphatic rings. The van der Waals surface area contributed by atoms with Gasteiger partial charge in [-0.25, -0.2) is 10.2 Å². The van der Waals surface area contributed by atoms with E-state index in [9.17, 15) is 9.59 Å². The van der Waals surface area contributed by atoms with Crippen molar-refractivity contribution in [3.63, 3.8) is 0 Å². The van der Waals surface area contributed by atoms with Gasteiger partial charge in [-0.3, -0.25) is 4.79 Å². The van der Waals surface area contributed by atoms with Crippen LogP contribution in [0, 0.1) is 0 Å². The van der Waals surface area contributed by atoms with Crippen molar-refractivity contribution in [1.29, 1.82) is 0 Å². The van der Waals surface area contributed by atoms with E-state index in [4.69, 9.17) is 51.1 Å². The van der Waals surface area contributed by atoms with Gasteiger partial charge in [0, 0.05) is 36.5 Å². The molecule has 0 bridgehead atoms. The summed E-state index contributed by atoms with van der Waals surface area (Å²) in [5.41, 5.74) is 5.35. The van der Waals surface area contributed by atoms with Gasteiger partial charge >= 0.3 is 5.97 Å². The molecule has 1 amide bonds. The molecule has 200 valence electrons. The molecular weight excluding hydrogens is 660 g/mol. The number of aromatic amines is 1.